The number of phosphoric acid groups is 2. The van der Waals surface area contributed by atoms with E-state index in [4.69, 9.17) is 34.3 Å². The van der Waals surface area contributed by atoms with Gasteiger partial charge in [-0.05, 0) is 30.8 Å². The van der Waals surface area contributed by atoms with Crippen LogP contribution in [0.4, 0.5) is 11.8 Å². The van der Waals surface area contributed by atoms with Crippen LogP contribution in [0.2, 0.25) is 0 Å². The van der Waals surface area contributed by atoms with E-state index in [1.165, 1.54) is 17.2 Å². The molecule has 2 aliphatic heterocycles. The van der Waals surface area contributed by atoms with Crippen molar-refractivity contribution in [2.75, 3.05) is 24.7 Å². The number of hydrogen-bond donors (Lipinski definition) is 7. The van der Waals surface area contributed by atoms with Crippen LogP contribution in [0.5, 0.6) is 0 Å². The number of aromatic nitrogens is 7. The van der Waals surface area contributed by atoms with Crippen LogP contribution in [-0.2, 0) is 32.0 Å². The molecule has 3 unspecified atom stereocenters. The summed E-state index contributed by atoms with van der Waals surface area (Å²) in [5.41, 5.74) is 8.29. The molecule has 0 radical (unpaired) electrons. The second-order valence-corrected chi connectivity index (χ2v) is 15.6. The summed E-state index contributed by atoms with van der Waals surface area (Å²) in [6, 6.07) is -0.954. The van der Waals surface area contributed by atoms with Crippen molar-refractivity contribution in [1.29, 1.82) is 0 Å². The molecule has 4 fully saturated rings. The van der Waals surface area contributed by atoms with E-state index in [1.807, 2.05) is 0 Å². The summed E-state index contributed by atoms with van der Waals surface area (Å²) < 4.78 is 60.3. The summed E-state index contributed by atoms with van der Waals surface area (Å²) >= 11 is 0.897. The van der Waals surface area contributed by atoms with Gasteiger partial charge in [0.25, 0.3) is 5.56 Å². The topological polar surface area (TPSA) is 315 Å². The molecule has 2 saturated heterocycles. The van der Waals surface area contributed by atoms with Gasteiger partial charge >= 0.3 is 15.6 Å². The highest BCUT2D eigenvalue weighted by Crippen LogP contribution is 2.67. The Bertz CT molecular complexity index is 2080. The third-order valence-electron chi connectivity index (χ3n) is 9.32. The zero-order valence-electron chi connectivity index (χ0n) is 23.8. The molecule has 252 valence electrons. The Balaban J connectivity index is 1.13. The quantitative estimate of drug-likeness (QED) is 0.130. The Morgan fingerprint density at radius 3 is 2.66 bits per heavy atom. The molecule has 10 atom stereocenters. The molecule has 0 aromatic carbocycles. The second kappa shape index (κ2) is 10.5. The average Bonchev–Trinajstić information content (AvgIpc) is 3.79. The number of aliphatic hydroxyl groups excluding tert-OH is 1. The number of aliphatic hydroxyl groups is 2. The van der Waals surface area contributed by atoms with Crippen LogP contribution in [0.15, 0.2) is 17.4 Å². The zero-order valence-corrected chi connectivity index (χ0v) is 26.5. The number of nitrogen functional groups attached to an aromatic ring is 2. The Hall–Kier alpha value is -2.98. The number of nitrogens with two attached hydrogens (primary N) is 2. The number of nitrogens with zero attached hydrogens (tertiary/aromatic N) is 6. The molecule has 24 heteroatoms. The number of anilines is 2. The summed E-state index contributed by atoms with van der Waals surface area (Å²) in [7, 11) is -10.0. The van der Waals surface area contributed by atoms with E-state index in [-0.39, 0.29) is 53.2 Å². The van der Waals surface area contributed by atoms with Gasteiger partial charge in [0.15, 0.2) is 17.0 Å². The number of fused-ring (bicyclic) bond motifs is 3. The van der Waals surface area contributed by atoms with Crippen LogP contribution in [0.3, 0.4) is 0 Å². The molecular weight excluding hydrogens is 688 g/mol. The monoisotopic (exact) mass is 715 g/mol. The molecule has 2 saturated carbocycles. The number of hydrogen-bond acceptors (Lipinski definition) is 18. The van der Waals surface area contributed by atoms with Crippen molar-refractivity contribution in [3.63, 3.8) is 0 Å². The number of nitrogens with one attached hydrogen (secondary N) is 1. The van der Waals surface area contributed by atoms with E-state index >= 15 is 0 Å². The summed E-state index contributed by atoms with van der Waals surface area (Å²) in [5.74, 6) is -0.116. The fourth-order valence-corrected chi connectivity index (χ4v) is 10.2. The largest absolute Gasteiger partial charge is 0.472 e. The van der Waals surface area contributed by atoms with Gasteiger partial charge in [-0.25, -0.2) is 24.1 Å². The van der Waals surface area contributed by atoms with Gasteiger partial charge in [-0.1, -0.05) is 0 Å². The fourth-order valence-electron chi connectivity index (χ4n) is 7.21. The van der Waals surface area contributed by atoms with Crippen molar-refractivity contribution in [2.45, 2.75) is 61.4 Å². The highest BCUT2D eigenvalue weighted by molar-refractivity contribution is 7.47. The maximum atomic E-state index is 13.4. The number of H-pyrrole nitrogens is 1. The molecule has 2 aliphatic carbocycles. The van der Waals surface area contributed by atoms with Gasteiger partial charge < -0.3 is 40.8 Å². The van der Waals surface area contributed by atoms with Gasteiger partial charge in [0.05, 0.1) is 30.5 Å². The first kappa shape index (κ1) is 31.3. The van der Waals surface area contributed by atoms with Crippen LogP contribution in [0.1, 0.15) is 36.3 Å². The third-order valence-corrected chi connectivity index (χ3v) is 12.1. The molecule has 9 N–H and O–H groups in total. The van der Waals surface area contributed by atoms with Gasteiger partial charge in [0, 0.05) is 5.41 Å². The summed E-state index contributed by atoms with van der Waals surface area (Å²) in [6.07, 6.45) is -4.74. The van der Waals surface area contributed by atoms with Gasteiger partial charge in [0.1, 0.15) is 53.5 Å². The molecule has 4 aromatic heterocycles. The van der Waals surface area contributed by atoms with Crippen LogP contribution < -0.4 is 17.0 Å². The molecule has 8 rings (SSSR count). The molecule has 2 bridgehead atoms. The molecular formula is C23H27N9O12P2S. The van der Waals surface area contributed by atoms with Crippen molar-refractivity contribution in [1.82, 2.24) is 33.9 Å². The smallest absolute Gasteiger partial charge is 0.387 e. The minimum absolute atomic E-state index is 0.00768. The van der Waals surface area contributed by atoms with Crippen molar-refractivity contribution in [2.24, 2.45) is 5.41 Å². The lowest BCUT2D eigenvalue weighted by Gasteiger charge is -2.34. The highest BCUT2D eigenvalue weighted by atomic mass is 32.1. The van der Waals surface area contributed by atoms with E-state index in [2.05, 4.69) is 29.3 Å². The number of imidazole rings is 1. The number of rotatable bonds is 2. The summed E-state index contributed by atoms with van der Waals surface area (Å²) in [5, 5.41) is 23.3. The minimum Gasteiger partial charge on any atom is -0.387 e. The first-order valence-corrected chi connectivity index (χ1v) is 17.9. The molecule has 6 heterocycles. The minimum atomic E-state index is -5.01. The maximum Gasteiger partial charge on any atom is 0.472 e. The summed E-state index contributed by atoms with van der Waals surface area (Å²) in [4.78, 5) is 53.1. The standard InChI is InChI=1S/C23H27N9O12P2S/c24-17-11-10(26-6-27-17)16(47-31-11)15-13(33)14-8(42-15)4-40-45(36,37)44-20-22(5-41-46(38,39)43-14)1-2-23(20,35)9(3-22)32-7-28-12-18(32)29-21(25)30-19(12)34/h6-9,13-15,20,33,35H,1-5H2,(H,36,37)(H,38,39)(H2,24,26,27)(H3,25,29,30,34)/t8-,9-,13-,14-,15-,20-,22?,23-/m1/s1. The Morgan fingerprint density at radius 2 is 1.85 bits per heavy atom. The van der Waals surface area contributed by atoms with Crippen molar-refractivity contribution in [3.8, 4) is 0 Å². The second-order valence-electron chi connectivity index (χ2n) is 12.0. The van der Waals surface area contributed by atoms with Gasteiger partial charge in [0.2, 0.25) is 5.95 Å². The van der Waals surface area contributed by atoms with E-state index < -0.39 is 82.0 Å². The van der Waals surface area contributed by atoms with E-state index in [1.54, 1.807) is 0 Å². The normalized spacial score (nSPS) is 40.7. The van der Waals surface area contributed by atoms with E-state index in [9.17, 15) is 33.9 Å². The zero-order chi connectivity index (χ0) is 33.1. The lowest BCUT2D eigenvalue weighted by Crippen LogP contribution is -2.44. The Morgan fingerprint density at radius 1 is 1.06 bits per heavy atom. The van der Waals surface area contributed by atoms with Crippen LogP contribution in [0.25, 0.3) is 22.2 Å². The van der Waals surface area contributed by atoms with Gasteiger partial charge in [-0.3, -0.25) is 27.9 Å². The van der Waals surface area contributed by atoms with Crippen molar-refractivity contribution in [3.05, 3.63) is 27.9 Å². The molecule has 21 nitrogen and oxygen atoms in total. The third kappa shape index (κ3) is 4.86. The molecule has 4 aromatic rings. The number of phosphoric ester groups is 2. The fraction of sp³-hybridized carbons (Fsp3) is 0.565. The van der Waals surface area contributed by atoms with Gasteiger partial charge in [-0.2, -0.15) is 9.36 Å². The molecule has 0 spiro atoms. The van der Waals surface area contributed by atoms with Crippen LogP contribution in [0, 0.1) is 5.41 Å². The molecule has 47 heavy (non-hydrogen) atoms. The SMILES string of the molecule is Nc1nc2c(ncn2[C@@H]2CC34CC[C@]2(O)[C@@H]3OP(=O)(O)OC[C@H]2O[C@@H](c3snc5c(N)ncnc35)[C@H](O)[C@@H]2OP(=O)(O)OC4)c(=O)[nH]1. The van der Waals surface area contributed by atoms with E-state index in [0.29, 0.717) is 4.88 Å². The first-order chi connectivity index (χ1) is 22.2. The van der Waals surface area contributed by atoms with E-state index in [0.717, 1.165) is 11.5 Å². The van der Waals surface area contributed by atoms with Crippen molar-refractivity contribution >= 4 is 61.1 Å². The first-order valence-electron chi connectivity index (χ1n) is 14.2. The maximum absolute atomic E-state index is 13.4. The van der Waals surface area contributed by atoms with Crippen molar-refractivity contribution < 1.29 is 52.0 Å². The lowest BCUT2D eigenvalue weighted by atomic mass is 9.82. The number of ether oxygens (including phenoxy) is 1. The molecule has 4 aliphatic rings. The molecule has 0 amide bonds. The average molecular weight is 716 g/mol. The summed E-state index contributed by atoms with van der Waals surface area (Å²) in [6.45, 7) is -1.33. The number of aromatic amines is 1. The predicted octanol–water partition coefficient (Wildman–Crippen LogP) is -0.341. The lowest BCUT2D eigenvalue weighted by molar-refractivity contribution is -0.0862. The Labute approximate surface area is 266 Å². The Kier molecular flexibility index (Phi) is 7.00. The van der Waals surface area contributed by atoms with Gasteiger partial charge in [-0.15, -0.1) is 0 Å². The predicted molar refractivity (Wildman–Crippen MR) is 157 cm³/mol. The van der Waals surface area contributed by atoms with Crippen LogP contribution in [-0.4, -0.2) is 97.1 Å². The highest BCUT2D eigenvalue weighted by Gasteiger charge is 2.70. The van der Waals surface area contributed by atoms with Crippen LogP contribution >= 0.6 is 27.2 Å².